The van der Waals surface area contributed by atoms with Gasteiger partial charge in [0.25, 0.3) is 0 Å². The van der Waals surface area contributed by atoms with Gasteiger partial charge in [-0.3, -0.25) is 9.59 Å². The molecule has 4 nitrogen and oxygen atoms in total. The van der Waals surface area contributed by atoms with Gasteiger partial charge in [0.15, 0.2) is 0 Å². The normalized spacial score (nSPS) is 34.7. The molecular weight excluding hydrogens is 220 g/mol. The number of esters is 2. The molecule has 2 saturated carbocycles. The van der Waals surface area contributed by atoms with Gasteiger partial charge in [-0.15, -0.1) is 0 Å². The van der Waals surface area contributed by atoms with Crippen LogP contribution in [0.2, 0.25) is 0 Å². The van der Waals surface area contributed by atoms with E-state index in [0.717, 1.165) is 19.3 Å². The first kappa shape index (κ1) is 12.4. The fourth-order valence-corrected chi connectivity index (χ4v) is 3.21. The Morgan fingerprint density at radius 3 is 2.47 bits per heavy atom. The molecule has 0 aromatic rings. The molecule has 0 aromatic carbocycles. The van der Waals surface area contributed by atoms with Gasteiger partial charge in [0.1, 0.15) is 6.10 Å². The van der Waals surface area contributed by atoms with Crippen LogP contribution in [0.5, 0.6) is 0 Å². The Labute approximate surface area is 102 Å². The third-order valence-electron chi connectivity index (χ3n) is 4.00. The minimum atomic E-state index is -0.184. The molecule has 0 spiro atoms. The molecule has 0 saturated heterocycles. The predicted octanol–water partition coefficient (Wildman–Crippen LogP) is 1.92. The smallest absolute Gasteiger partial charge is 0.305 e. The lowest BCUT2D eigenvalue weighted by atomic mass is 9.88. The van der Waals surface area contributed by atoms with Gasteiger partial charge in [0, 0.05) is 13.3 Å². The summed E-state index contributed by atoms with van der Waals surface area (Å²) in [5.74, 6) is 1.21. The second kappa shape index (κ2) is 5.07. The summed E-state index contributed by atoms with van der Waals surface area (Å²) in [6, 6.07) is 0. The summed E-state index contributed by atoms with van der Waals surface area (Å²) in [5.41, 5.74) is 0. The number of hydrogen-bond acceptors (Lipinski definition) is 4. The first-order chi connectivity index (χ1) is 8.10. The van der Waals surface area contributed by atoms with Gasteiger partial charge >= 0.3 is 11.9 Å². The monoisotopic (exact) mass is 240 g/mol. The van der Waals surface area contributed by atoms with Crippen LogP contribution in [0.4, 0.5) is 0 Å². The number of ether oxygens (including phenoxy) is 2. The first-order valence-corrected chi connectivity index (χ1v) is 6.43. The first-order valence-electron chi connectivity index (χ1n) is 6.43. The molecule has 2 bridgehead atoms. The summed E-state index contributed by atoms with van der Waals surface area (Å²) in [6.07, 6.45) is 3.64. The zero-order valence-corrected chi connectivity index (χ0v) is 10.5. The molecule has 4 unspecified atom stereocenters. The third-order valence-corrected chi connectivity index (χ3v) is 4.00. The van der Waals surface area contributed by atoms with Crippen molar-refractivity contribution in [2.75, 3.05) is 6.61 Å². The summed E-state index contributed by atoms with van der Waals surface area (Å²) in [7, 11) is 0. The molecule has 0 heterocycles. The van der Waals surface area contributed by atoms with Gasteiger partial charge in [-0.05, 0) is 37.0 Å². The Hall–Kier alpha value is -1.06. The average Bonchev–Trinajstić information content (AvgIpc) is 2.84. The summed E-state index contributed by atoms with van der Waals surface area (Å²) in [4.78, 5) is 22.0. The van der Waals surface area contributed by atoms with Crippen LogP contribution in [-0.4, -0.2) is 24.6 Å². The van der Waals surface area contributed by atoms with Crippen LogP contribution >= 0.6 is 0 Å². The van der Waals surface area contributed by atoms with Crippen LogP contribution in [0.15, 0.2) is 0 Å². The van der Waals surface area contributed by atoms with Crippen molar-refractivity contribution in [1.82, 2.24) is 0 Å². The molecule has 2 aliphatic carbocycles. The molecule has 4 atom stereocenters. The molecule has 0 radical (unpaired) electrons. The Morgan fingerprint density at radius 1 is 1.18 bits per heavy atom. The number of rotatable bonds is 4. The molecule has 4 heteroatoms. The zero-order chi connectivity index (χ0) is 12.4. The highest BCUT2D eigenvalue weighted by molar-refractivity contribution is 5.68. The summed E-state index contributed by atoms with van der Waals surface area (Å²) in [6.45, 7) is 3.81. The number of hydrogen-bond donors (Lipinski definition) is 0. The van der Waals surface area contributed by atoms with Crippen molar-refractivity contribution >= 4 is 11.9 Å². The molecule has 2 fully saturated rings. The van der Waals surface area contributed by atoms with E-state index < -0.39 is 0 Å². The summed E-state index contributed by atoms with van der Waals surface area (Å²) >= 11 is 0. The van der Waals surface area contributed by atoms with E-state index in [4.69, 9.17) is 9.47 Å². The molecule has 2 aliphatic rings. The third kappa shape index (κ3) is 2.79. The van der Waals surface area contributed by atoms with E-state index in [-0.39, 0.29) is 18.0 Å². The Kier molecular flexibility index (Phi) is 3.69. The minimum Gasteiger partial charge on any atom is -0.465 e. The lowest BCUT2D eigenvalue weighted by Crippen LogP contribution is -2.28. The van der Waals surface area contributed by atoms with Crippen LogP contribution < -0.4 is 0 Å². The number of carbonyl (C=O) groups excluding carboxylic acids is 2. The van der Waals surface area contributed by atoms with Crippen LogP contribution in [0.1, 0.15) is 39.5 Å². The van der Waals surface area contributed by atoms with Crippen molar-refractivity contribution in [3.05, 3.63) is 0 Å². The van der Waals surface area contributed by atoms with Gasteiger partial charge in [0.2, 0.25) is 0 Å². The maximum absolute atomic E-state index is 11.1. The second-order valence-electron chi connectivity index (χ2n) is 5.17. The molecule has 0 N–H and O–H groups in total. The van der Waals surface area contributed by atoms with Crippen molar-refractivity contribution in [2.24, 2.45) is 17.8 Å². The molecule has 0 aliphatic heterocycles. The maximum Gasteiger partial charge on any atom is 0.305 e. The fourth-order valence-electron chi connectivity index (χ4n) is 3.21. The van der Waals surface area contributed by atoms with Crippen molar-refractivity contribution in [3.63, 3.8) is 0 Å². The van der Waals surface area contributed by atoms with Gasteiger partial charge < -0.3 is 9.47 Å². The van der Waals surface area contributed by atoms with Crippen molar-refractivity contribution in [2.45, 2.75) is 45.6 Å². The zero-order valence-electron chi connectivity index (χ0n) is 10.5. The van der Waals surface area contributed by atoms with E-state index in [9.17, 15) is 9.59 Å². The van der Waals surface area contributed by atoms with E-state index in [1.54, 1.807) is 6.92 Å². The van der Waals surface area contributed by atoms with Crippen molar-refractivity contribution in [1.29, 1.82) is 0 Å². The quantitative estimate of drug-likeness (QED) is 0.704. The topological polar surface area (TPSA) is 52.6 Å². The lowest BCUT2D eigenvalue weighted by Gasteiger charge is -2.27. The van der Waals surface area contributed by atoms with Gasteiger partial charge in [-0.1, -0.05) is 6.92 Å². The van der Waals surface area contributed by atoms with E-state index >= 15 is 0 Å². The van der Waals surface area contributed by atoms with Gasteiger partial charge in [-0.25, -0.2) is 0 Å². The molecule has 17 heavy (non-hydrogen) atoms. The number of carbonyl (C=O) groups is 2. The summed E-state index contributed by atoms with van der Waals surface area (Å²) in [5, 5.41) is 0. The second-order valence-corrected chi connectivity index (χ2v) is 5.17. The highest BCUT2D eigenvalue weighted by atomic mass is 16.5. The number of fused-ring (bicyclic) bond motifs is 2. The van der Waals surface area contributed by atoms with Crippen LogP contribution in [0.25, 0.3) is 0 Å². The predicted molar refractivity (Wildman–Crippen MR) is 61.1 cm³/mol. The lowest BCUT2D eigenvalue weighted by molar-refractivity contribution is -0.149. The Morgan fingerprint density at radius 2 is 1.94 bits per heavy atom. The largest absolute Gasteiger partial charge is 0.465 e. The highest BCUT2D eigenvalue weighted by Gasteiger charge is 2.47. The Balaban J connectivity index is 1.78. The minimum absolute atomic E-state index is 0.107. The van der Waals surface area contributed by atoms with E-state index in [0.29, 0.717) is 30.8 Å². The van der Waals surface area contributed by atoms with Crippen LogP contribution in [0.3, 0.4) is 0 Å². The van der Waals surface area contributed by atoms with Gasteiger partial charge in [-0.2, -0.15) is 0 Å². The van der Waals surface area contributed by atoms with E-state index in [1.807, 2.05) is 0 Å². The summed E-state index contributed by atoms with van der Waals surface area (Å²) < 4.78 is 10.5. The van der Waals surface area contributed by atoms with Crippen LogP contribution in [-0.2, 0) is 19.1 Å². The SMILES string of the molecule is CCC(=O)OCC1CC2CC1CC2OC(C)=O. The van der Waals surface area contributed by atoms with Crippen molar-refractivity contribution in [3.8, 4) is 0 Å². The molecule has 96 valence electrons. The fraction of sp³-hybridized carbons (Fsp3) is 0.846. The van der Waals surface area contributed by atoms with Crippen molar-refractivity contribution < 1.29 is 19.1 Å². The highest BCUT2D eigenvalue weighted by Crippen LogP contribution is 2.49. The standard InChI is InChI=1S/C13H20O4/c1-3-13(15)16-7-11-5-10-4-9(11)6-12(10)17-8(2)14/h9-12H,3-7H2,1-2H3. The Bertz CT molecular complexity index is 313. The van der Waals surface area contributed by atoms with Crippen LogP contribution in [0, 0.1) is 17.8 Å². The molecule has 0 amide bonds. The molecular formula is C13H20O4. The average molecular weight is 240 g/mol. The van der Waals surface area contributed by atoms with E-state index in [1.165, 1.54) is 6.92 Å². The maximum atomic E-state index is 11.1. The van der Waals surface area contributed by atoms with Gasteiger partial charge in [0.05, 0.1) is 6.61 Å². The molecule has 0 aromatic heterocycles. The molecule has 2 rings (SSSR count). The van der Waals surface area contributed by atoms with E-state index in [2.05, 4.69) is 0 Å².